The van der Waals surface area contributed by atoms with Gasteiger partial charge in [0.15, 0.2) is 0 Å². The minimum atomic E-state index is -0.952. The van der Waals surface area contributed by atoms with Crippen LogP contribution >= 0.6 is 0 Å². The maximum atomic E-state index is 11.2. The molecule has 1 aliphatic heterocycles. The van der Waals surface area contributed by atoms with E-state index in [2.05, 4.69) is 0 Å². The molecule has 1 rings (SSSR count). The lowest BCUT2D eigenvalue weighted by Gasteiger charge is -2.35. The Morgan fingerprint density at radius 1 is 1.60 bits per heavy atom. The van der Waals surface area contributed by atoms with Gasteiger partial charge in [-0.15, -0.1) is 0 Å². The van der Waals surface area contributed by atoms with E-state index in [1.807, 2.05) is 13.8 Å². The number of hydrogen-bond donors (Lipinski definition) is 2. The van der Waals surface area contributed by atoms with Gasteiger partial charge in [-0.3, -0.25) is 4.79 Å². The largest absolute Gasteiger partial charge is 0.481 e. The summed E-state index contributed by atoms with van der Waals surface area (Å²) in [4.78, 5) is 11.2. The Kier molecular flexibility index (Phi) is 3.41. The van der Waals surface area contributed by atoms with Gasteiger partial charge in [-0.1, -0.05) is 13.8 Å². The van der Waals surface area contributed by atoms with Crippen LogP contribution in [0.5, 0.6) is 0 Å². The number of hydrogen-bond acceptors (Lipinski definition) is 3. The molecular formula is C11H20O4. The summed E-state index contributed by atoms with van der Waals surface area (Å²) in [7, 11) is 0. The van der Waals surface area contributed by atoms with Gasteiger partial charge in [-0.05, 0) is 25.7 Å². The molecular weight excluding hydrogens is 196 g/mol. The molecule has 0 aliphatic carbocycles. The van der Waals surface area contributed by atoms with Crippen LogP contribution in [0.1, 0.15) is 33.6 Å². The highest BCUT2D eigenvalue weighted by molar-refractivity contribution is 5.75. The first kappa shape index (κ1) is 12.5. The third-order valence-corrected chi connectivity index (χ3v) is 3.50. The van der Waals surface area contributed by atoms with Gasteiger partial charge in [-0.25, -0.2) is 0 Å². The third-order valence-electron chi connectivity index (χ3n) is 3.50. The number of ether oxygens (including phenoxy) is 1. The predicted octanol–water partition coefficient (Wildman–Crippen LogP) is 1.27. The van der Waals surface area contributed by atoms with Gasteiger partial charge >= 0.3 is 5.97 Å². The van der Waals surface area contributed by atoms with Gasteiger partial charge in [0.05, 0.1) is 17.6 Å². The molecule has 1 saturated heterocycles. The van der Waals surface area contributed by atoms with Crippen molar-refractivity contribution in [1.82, 2.24) is 0 Å². The van der Waals surface area contributed by atoms with E-state index < -0.39 is 17.0 Å². The summed E-state index contributed by atoms with van der Waals surface area (Å²) in [5.41, 5.74) is -1.85. The van der Waals surface area contributed by atoms with Gasteiger partial charge in [0, 0.05) is 6.61 Å². The molecule has 1 heterocycles. The van der Waals surface area contributed by atoms with Crippen molar-refractivity contribution in [3.63, 3.8) is 0 Å². The highest BCUT2D eigenvalue weighted by Gasteiger charge is 2.47. The van der Waals surface area contributed by atoms with E-state index in [1.54, 1.807) is 6.92 Å². The first-order chi connectivity index (χ1) is 6.80. The standard InChI is InChI=1S/C11H20O4/c1-8(2)10(3,14)6-11(9(12)13)4-5-15-7-11/h8,14H,4-7H2,1-3H3,(H,12,13). The summed E-state index contributed by atoms with van der Waals surface area (Å²) in [5, 5.41) is 19.4. The molecule has 1 fully saturated rings. The minimum absolute atomic E-state index is 0.0364. The van der Waals surface area contributed by atoms with Crippen LogP contribution in [0.2, 0.25) is 0 Å². The summed E-state index contributed by atoms with van der Waals surface area (Å²) in [5.74, 6) is -0.824. The van der Waals surface area contributed by atoms with Crippen LogP contribution in [0, 0.1) is 11.3 Å². The van der Waals surface area contributed by atoms with E-state index >= 15 is 0 Å². The first-order valence-electron chi connectivity index (χ1n) is 5.34. The molecule has 1 aliphatic rings. The van der Waals surface area contributed by atoms with E-state index in [1.165, 1.54) is 0 Å². The molecule has 2 N–H and O–H groups in total. The smallest absolute Gasteiger partial charge is 0.312 e. The second kappa shape index (κ2) is 4.10. The number of aliphatic carboxylic acids is 1. The molecule has 2 unspecified atom stereocenters. The summed E-state index contributed by atoms with van der Waals surface area (Å²) >= 11 is 0. The van der Waals surface area contributed by atoms with Crippen molar-refractivity contribution in [1.29, 1.82) is 0 Å². The van der Waals surface area contributed by atoms with Crippen molar-refractivity contribution >= 4 is 5.97 Å². The lowest BCUT2D eigenvalue weighted by Crippen LogP contribution is -2.43. The molecule has 15 heavy (non-hydrogen) atoms. The zero-order valence-electron chi connectivity index (χ0n) is 9.62. The topological polar surface area (TPSA) is 66.8 Å². The Morgan fingerprint density at radius 2 is 2.20 bits per heavy atom. The van der Waals surface area contributed by atoms with Gasteiger partial charge in [0.2, 0.25) is 0 Å². The molecule has 0 spiro atoms. The molecule has 0 radical (unpaired) electrons. The molecule has 0 aromatic heterocycles. The van der Waals surface area contributed by atoms with Crippen molar-refractivity contribution in [2.24, 2.45) is 11.3 Å². The van der Waals surface area contributed by atoms with E-state index in [-0.39, 0.29) is 18.9 Å². The van der Waals surface area contributed by atoms with Crippen LogP contribution in [-0.2, 0) is 9.53 Å². The van der Waals surface area contributed by atoms with Crippen molar-refractivity contribution in [3.8, 4) is 0 Å². The van der Waals surface area contributed by atoms with Crippen LogP contribution in [0.3, 0.4) is 0 Å². The molecule has 0 aromatic rings. The third kappa shape index (κ3) is 2.49. The molecule has 0 aromatic carbocycles. The van der Waals surface area contributed by atoms with Crippen LogP contribution in [0.4, 0.5) is 0 Å². The Hall–Kier alpha value is -0.610. The second-order valence-electron chi connectivity index (χ2n) is 5.08. The molecule has 2 atom stereocenters. The summed E-state index contributed by atoms with van der Waals surface area (Å²) in [6, 6.07) is 0. The monoisotopic (exact) mass is 216 g/mol. The molecule has 4 nitrogen and oxygen atoms in total. The van der Waals surface area contributed by atoms with Gasteiger partial charge in [0.25, 0.3) is 0 Å². The average molecular weight is 216 g/mol. The fourth-order valence-corrected chi connectivity index (χ4v) is 1.88. The van der Waals surface area contributed by atoms with Crippen molar-refractivity contribution in [3.05, 3.63) is 0 Å². The molecule has 88 valence electrons. The SMILES string of the molecule is CC(C)C(C)(O)CC1(C(=O)O)CCOC1. The van der Waals surface area contributed by atoms with Crippen LogP contribution in [0.15, 0.2) is 0 Å². The fraction of sp³-hybridized carbons (Fsp3) is 0.909. The summed E-state index contributed by atoms with van der Waals surface area (Å²) in [6.07, 6.45) is 0.748. The molecule has 0 saturated carbocycles. The number of rotatable bonds is 4. The quantitative estimate of drug-likeness (QED) is 0.742. The Labute approximate surface area is 90.2 Å². The Balaban J connectivity index is 2.80. The van der Waals surface area contributed by atoms with Crippen LogP contribution in [-0.4, -0.2) is 35.0 Å². The second-order valence-corrected chi connectivity index (χ2v) is 5.08. The zero-order valence-corrected chi connectivity index (χ0v) is 9.62. The van der Waals surface area contributed by atoms with Crippen molar-refractivity contribution in [2.45, 2.75) is 39.2 Å². The average Bonchev–Trinajstić information content (AvgIpc) is 2.53. The normalized spacial score (nSPS) is 30.5. The van der Waals surface area contributed by atoms with Crippen LogP contribution < -0.4 is 0 Å². The van der Waals surface area contributed by atoms with E-state index in [4.69, 9.17) is 4.74 Å². The van der Waals surface area contributed by atoms with Gasteiger partial charge in [0.1, 0.15) is 0 Å². The first-order valence-corrected chi connectivity index (χ1v) is 5.34. The van der Waals surface area contributed by atoms with E-state index in [9.17, 15) is 15.0 Å². The van der Waals surface area contributed by atoms with Crippen molar-refractivity contribution in [2.75, 3.05) is 13.2 Å². The maximum Gasteiger partial charge on any atom is 0.312 e. The fourth-order valence-electron chi connectivity index (χ4n) is 1.88. The molecule has 0 amide bonds. The number of aliphatic hydroxyl groups is 1. The maximum absolute atomic E-state index is 11.2. The predicted molar refractivity (Wildman–Crippen MR) is 55.6 cm³/mol. The lowest BCUT2D eigenvalue weighted by molar-refractivity contribution is -0.154. The highest BCUT2D eigenvalue weighted by Crippen LogP contribution is 2.39. The Bertz CT molecular complexity index is 239. The van der Waals surface area contributed by atoms with Gasteiger partial charge in [-0.2, -0.15) is 0 Å². The van der Waals surface area contributed by atoms with Crippen LogP contribution in [0.25, 0.3) is 0 Å². The number of carbonyl (C=O) groups is 1. The lowest BCUT2D eigenvalue weighted by atomic mass is 9.73. The van der Waals surface area contributed by atoms with Crippen molar-refractivity contribution < 1.29 is 19.7 Å². The van der Waals surface area contributed by atoms with E-state index in [0.29, 0.717) is 13.0 Å². The number of carboxylic acids is 1. The highest BCUT2D eigenvalue weighted by atomic mass is 16.5. The number of carboxylic acid groups (broad SMARTS) is 1. The zero-order chi connectivity index (χ0) is 11.7. The Morgan fingerprint density at radius 3 is 2.53 bits per heavy atom. The molecule has 0 bridgehead atoms. The minimum Gasteiger partial charge on any atom is -0.481 e. The summed E-state index contributed by atoms with van der Waals surface area (Å²) < 4.78 is 5.16. The summed E-state index contributed by atoms with van der Waals surface area (Å²) in [6.45, 7) is 6.17. The van der Waals surface area contributed by atoms with E-state index in [0.717, 1.165) is 0 Å². The van der Waals surface area contributed by atoms with Gasteiger partial charge < -0.3 is 14.9 Å². The molecule has 4 heteroatoms.